The van der Waals surface area contributed by atoms with Gasteiger partial charge in [-0.3, -0.25) is 4.79 Å². The van der Waals surface area contributed by atoms with Gasteiger partial charge in [0.1, 0.15) is 6.54 Å². The number of aliphatic carboxylic acids is 1. The Labute approximate surface area is 212 Å². The van der Waals surface area contributed by atoms with Gasteiger partial charge in [-0.2, -0.15) is 0 Å². The lowest BCUT2D eigenvalue weighted by molar-refractivity contribution is -0.873. The summed E-state index contributed by atoms with van der Waals surface area (Å²) in [5.41, 5.74) is 0. The van der Waals surface area contributed by atoms with Crippen LogP contribution in [0.15, 0.2) is 72.9 Å². The van der Waals surface area contributed by atoms with E-state index in [0.717, 1.165) is 25.7 Å². The Kier molecular flexibility index (Phi) is 19.1. The van der Waals surface area contributed by atoms with E-state index >= 15 is 0 Å². The van der Waals surface area contributed by atoms with Crippen molar-refractivity contribution in [1.82, 2.24) is 0 Å². The van der Waals surface area contributed by atoms with Gasteiger partial charge in [0.15, 0.2) is 6.10 Å². The number of nitrogens with zero attached hydrogens (tertiary/aromatic N) is 1. The van der Waals surface area contributed by atoms with Crippen molar-refractivity contribution >= 4 is 11.9 Å². The van der Waals surface area contributed by atoms with E-state index in [0.29, 0.717) is 23.9 Å². The Balaban J connectivity index is 4.07. The summed E-state index contributed by atoms with van der Waals surface area (Å²) in [5.74, 6) is -1.67. The number of carbonyl (C=O) groups is 2. The van der Waals surface area contributed by atoms with Gasteiger partial charge in [-0.15, -0.1) is 0 Å². The lowest BCUT2D eigenvalue weighted by Crippen LogP contribution is -2.45. The average molecular weight is 488 g/mol. The van der Waals surface area contributed by atoms with Crippen LogP contribution in [-0.4, -0.2) is 61.4 Å². The zero-order valence-electron chi connectivity index (χ0n) is 22.0. The Morgan fingerprint density at radius 2 is 1.49 bits per heavy atom. The van der Waals surface area contributed by atoms with Crippen molar-refractivity contribution in [2.75, 3.05) is 27.7 Å². The highest BCUT2D eigenvalue weighted by Crippen LogP contribution is 2.07. The molecule has 0 saturated carbocycles. The van der Waals surface area contributed by atoms with Crippen LogP contribution in [0.2, 0.25) is 0 Å². The number of carbonyl (C=O) groups excluding carboxylic acids is 2. The van der Waals surface area contributed by atoms with Crippen molar-refractivity contribution < 1.29 is 29.0 Å². The summed E-state index contributed by atoms with van der Waals surface area (Å²) in [6, 6.07) is 0. The predicted molar refractivity (Wildman–Crippen MR) is 141 cm³/mol. The molecule has 0 spiro atoms. The number of allylic oxidation sites excluding steroid dienone is 10. The van der Waals surface area contributed by atoms with Gasteiger partial charge < -0.3 is 24.2 Å². The van der Waals surface area contributed by atoms with Crippen molar-refractivity contribution in [3.63, 3.8) is 0 Å². The summed E-state index contributed by atoms with van der Waals surface area (Å²) in [6.45, 7) is 2.52. The number of ether oxygens (including phenoxy) is 1. The van der Waals surface area contributed by atoms with Crippen LogP contribution in [-0.2, 0) is 14.3 Å². The van der Waals surface area contributed by atoms with E-state index in [2.05, 4.69) is 43.4 Å². The summed E-state index contributed by atoms with van der Waals surface area (Å²) in [7, 11) is 5.71. The molecule has 0 aromatic carbocycles. The fraction of sp³-hybridized carbons (Fsp3) is 0.517. The van der Waals surface area contributed by atoms with Crippen molar-refractivity contribution in [2.45, 2.75) is 70.5 Å². The van der Waals surface area contributed by atoms with Crippen LogP contribution in [0.1, 0.15) is 58.3 Å². The van der Waals surface area contributed by atoms with Crippen molar-refractivity contribution in [2.24, 2.45) is 0 Å². The molecule has 1 N–H and O–H groups in total. The van der Waals surface area contributed by atoms with Crippen molar-refractivity contribution in [1.29, 1.82) is 0 Å². The molecule has 0 aromatic heterocycles. The molecule has 0 heterocycles. The van der Waals surface area contributed by atoms with Gasteiger partial charge in [0.2, 0.25) is 0 Å². The lowest BCUT2D eigenvalue weighted by atomic mass is 10.2. The number of aliphatic hydroxyl groups is 1. The normalized spacial score (nSPS) is 14.9. The number of aliphatic hydroxyl groups excluding tert-OH is 1. The van der Waals surface area contributed by atoms with E-state index in [1.54, 1.807) is 6.08 Å². The van der Waals surface area contributed by atoms with Crippen LogP contribution in [0.3, 0.4) is 0 Å². The van der Waals surface area contributed by atoms with E-state index in [9.17, 15) is 19.8 Å². The Bertz CT molecular complexity index is 754. The summed E-state index contributed by atoms with van der Waals surface area (Å²) in [6.07, 6.45) is 27.4. The van der Waals surface area contributed by atoms with Crippen LogP contribution in [0.5, 0.6) is 0 Å². The number of likely N-dealkylation sites (N-methyl/N-ethyl adjacent to an activating group) is 1. The van der Waals surface area contributed by atoms with Crippen LogP contribution in [0.25, 0.3) is 0 Å². The van der Waals surface area contributed by atoms with Crippen LogP contribution in [0.4, 0.5) is 0 Å². The third-order valence-electron chi connectivity index (χ3n) is 4.64. The molecule has 0 bridgehead atoms. The quantitative estimate of drug-likeness (QED) is 0.128. The van der Waals surface area contributed by atoms with Gasteiger partial charge >= 0.3 is 5.97 Å². The van der Waals surface area contributed by atoms with Crippen molar-refractivity contribution in [3.05, 3.63) is 72.9 Å². The number of esters is 1. The maximum Gasteiger partial charge on any atom is 0.306 e. The van der Waals surface area contributed by atoms with Gasteiger partial charge in [-0.05, 0) is 38.5 Å². The molecule has 0 aromatic rings. The molecule has 0 radical (unpaired) electrons. The minimum Gasteiger partial charge on any atom is -0.550 e. The summed E-state index contributed by atoms with van der Waals surface area (Å²) < 4.78 is 5.79. The topological polar surface area (TPSA) is 86.7 Å². The molecule has 2 unspecified atom stereocenters. The Morgan fingerprint density at radius 1 is 0.886 bits per heavy atom. The van der Waals surface area contributed by atoms with Gasteiger partial charge in [-0.1, -0.05) is 79.8 Å². The van der Waals surface area contributed by atoms with Gasteiger partial charge in [0.05, 0.1) is 27.2 Å². The zero-order chi connectivity index (χ0) is 26.4. The van der Waals surface area contributed by atoms with E-state index in [1.807, 2.05) is 51.5 Å². The molecular formula is C29H45NO5. The monoisotopic (exact) mass is 487 g/mol. The third-order valence-corrected chi connectivity index (χ3v) is 4.64. The second-order valence-corrected chi connectivity index (χ2v) is 9.32. The molecule has 196 valence electrons. The maximum atomic E-state index is 12.0. The molecule has 35 heavy (non-hydrogen) atoms. The lowest BCUT2D eigenvalue weighted by Gasteiger charge is -2.29. The number of rotatable bonds is 19. The van der Waals surface area contributed by atoms with Gasteiger partial charge in [0, 0.05) is 18.8 Å². The van der Waals surface area contributed by atoms with E-state index in [-0.39, 0.29) is 12.8 Å². The highest BCUT2D eigenvalue weighted by atomic mass is 16.5. The predicted octanol–water partition coefficient (Wildman–Crippen LogP) is 4.19. The number of hydrogen-bond acceptors (Lipinski definition) is 5. The molecular weight excluding hydrogens is 442 g/mol. The van der Waals surface area contributed by atoms with Crippen LogP contribution in [0, 0.1) is 0 Å². The minimum atomic E-state index is -1.23. The number of carboxylic acids is 1. The number of hydrogen-bond donors (Lipinski definition) is 1. The van der Waals surface area contributed by atoms with Gasteiger partial charge in [-0.25, -0.2) is 0 Å². The van der Waals surface area contributed by atoms with Gasteiger partial charge in [0.25, 0.3) is 0 Å². The number of quaternary nitrogens is 1. The molecule has 0 rings (SSSR count). The first-order valence-electron chi connectivity index (χ1n) is 12.4. The van der Waals surface area contributed by atoms with E-state index in [4.69, 9.17) is 4.74 Å². The highest BCUT2D eigenvalue weighted by Gasteiger charge is 2.22. The second-order valence-electron chi connectivity index (χ2n) is 9.32. The number of carboxylic acid groups (broad SMARTS) is 1. The first-order valence-corrected chi connectivity index (χ1v) is 12.4. The molecule has 6 nitrogen and oxygen atoms in total. The SMILES string of the molecule is CC/C=C/C/C=C/C/C=C/C/C=C/C=C/C(O)C/C=C/CCC(=O)OC(CC(=O)[O-])C[N+](C)(C)C. The first kappa shape index (κ1) is 32.3. The van der Waals surface area contributed by atoms with Crippen molar-refractivity contribution in [3.8, 4) is 0 Å². The Hall–Kier alpha value is -2.70. The molecule has 0 saturated heterocycles. The van der Waals surface area contributed by atoms with Crippen LogP contribution < -0.4 is 5.11 Å². The van der Waals surface area contributed by atoms with Crippen LogP contribution >= 0.6 is 0 Å². The smallest absolute Gasteiger partial charge is 0.306 e. The molecule has 0 aliphatic carbocycles. The fourth-order valence-corrected chi connectivity index (χ4v) is 3.05. The molecule has 0 fully saturated rings. The molecule has 0 amide bonds. The van der Waals surface area contributed by atoms with E-state index < -0.39 is 24.1 Å². The Morgan fingerprint density at radius 3 is 2.06 bits per heavy atom. The third kappa shape index (κ3) is 24.2. The summed E-state index contributed by atoms with van der Waals surface area (Å²) in [5, 5.41) is 20.9. The average Bonchev–Trinajstić information content (AvgIpc) is 2.75. The maximum absolute atomic E-state index is 12.0. The molecule has 6 heteroatoms. The molecule has 2 atom stereocenters. The van der Waals surface area contributed by atoms with E-state index in [1.165, 1.54) is 0 Å². The molecule has 0 aliphatic heterocycles. The molecule has 0 aliphatic rings. The fourth-order valence-electron chi connectivity index (χ4n) is 3.05. The first-order chi connectivity index (χ1) is 16.6. The standard InChI is InChI=1S/C29H45NO5/c1-5-6-7-8-9-10-11-12-13-14-15-16-18-21-26(31)22-19-17-20-23-29(34)35-27(24-28(32)33)25-30(2,3)4/h6-7,9-10,12-13,15-19,21,26-27,31H,5,8,11,14,20,22-25H2,1-4H3/b7-6+,10-9+,13-12+,16-15+,19-17+,21-18+. The highest BCUT2D eigenvalue weighted by molar-refractivity contribution is 5.71. The summed E-state index contributed by atoms with van der Waals surface area (Å²) in [4.78, 5) is 22.9. The zero-order valence-corrected chi connectivity index (χ0v) is 22.0. The second kappa shape index (κ2) is 20.7. The summed E-state index contributed by atoms with van der Waals surface area (Å²) >= 11 is 0. The largest absolute Gasteiger partial charge is 0.550 e. The minimum absolute atomic E-state index is 0.158.